The number of hydrogen-bond donors (Lipinski definition) is 2. The first-order valence-electron chi connectivity index (χ1n) is 8.94. The van der Waals surface area contributed by atoms with Crippen LogP contribution in [0.1, 0.15) is 35.5 Å². The highest BCUT2D eigenvalue weighted by atomic mass is 16.2. The number of fused-ring (bicyclic) bond motifs is 1. The Morgan fingerprint density at radius 3 is 2.15 bits per heavy atom. The molecule has 0 radical (unpaired) electrons. The van der Waals surface area contributed by atoms with Crippen LogP contribution in [0, 0.1) is 19.8 Å². The normalized spacial score (nSPS) is 10.9. The van der Waals surface area contributed by atoms with Crippen molar-refractivity contribution in [2.45, 2.75) is 27.7 Å². The predicted molar refractivity (Wildman–Crippen MR) is 109 cm³/mol. The SMILES string of the molecule is Cc1ccc2nc(C)cc(C(=O)Nc3ccc(NC(=O)C(C)C)cc3)c2c1. The van der Waals surface area contributed by atoms with Gasteiger partial charge in [0.1, 0.15) is 0 Å². The fourth-order valence-electron chi connectivity index (χ4n) is 2.78. The third kappa shape index (κ3) is 4.31. The first-order chi connectivity index (χ1) is 12.8. The molecule has 0 aliphatic carbocycles. The van der Waals surface area contributed by atoms with Crippen molar-refractivity contribution >= 4 is 34.1 Å². The number of benzene rings is 2. The van der Waals surface area contributed by atoms with E-state index in [1.165, 1.54) is 0 Å². The molecule has 1 aromatic heterocycles. The van der Waals surface area contributed by atoms with E-state index >= 15 is 0 Å². The van der Waals surface area contributed by atoms with Gasteiger partial charge >= 0.3 is 0 Å². The minimum absolute atomic E-state index is 0.0408. The quantitative estimate of drug-likeness (QED) is 0.708. The molecule has 0 spiro atoms. The number of nitrogens with zero attached hydrogens (tertiary/aromatic N) is 1. The van der Waals surface area contributed by atoms with Crippen molar-refractivity contribution in [3.05, 3.63) is 65.4 Å². The van der Waals surface area contributed by atoms with Crippen molar-refractivity contribution in [2.24, 2.45) is 5.92 Å². The number of rotatable bonds is 4. The molecular weight excluding hydrogens is 338 g/mol. The van der Waals surface area contributed by atoms with Gasteiger partial charge in [0.15, 0.2) is 0 Å². The molecular formula is C22H23N3O2. The number of carbonyl (C=O) groups is 2. The van der Waals surface area contributed by atoms with E-state index in [-0.39, 0.29) is 17.7 Å². The zero-order valence-electron chi connectivity index (χ0n) is 16.0. The maximum atomic E-state index is 12.8. The molecule has 0 saturated heterocycles. The molecule has 27 heavy (non-hydrogen) atoms. The zero-order chi connectivity index (χ0) is 19.6. The molecule has 1 heterocycles. The Morgan fingerprint density at radius 1 is 0.889 bits per heavy atom. The van der Waals surface area contributed by atoms with Crippen molar-refractivity contribution in [3.8, 4) is 0 Å². The molecule has 5 nitrogen and oxygen atoms in total. The predicted octanol–water partition coefficient (Wildman–Crippen LogP) is 4.70. The van der Waals surface area contributed by atoms with E-state index in [1.807, 2.05) is 45.9 Å². The second kappa shape index (κ2) is 7.58. The molecule has 0 fully saturated rings. The van der Waals surface area contributed by atoms with E-state index in [2.05, 4.69) is 15.6 Å². The molecule has 0 unspecified atom stereocenters. The van der Waals surface area contributed by atoms with Gasteiger partial charge in [0.2, 0.25) is 5.91 Å². The average Bonchev–Trinajstić information content (AvgIpc) is 2.62. The van der Waals surface area contributed by atoms with Gasteiger partial charge in [-0.05, 0) is 56.3 Å². The summed E-state index contributed by atoms with van der Waals surface area (Å²) in [4.78, 5) is 29.1. The minimum Gasteiger partial charge on any atom is -0.326 e. The lowest BCUT2D eigenvalue weighted by molar-refractivity contribution is -0.118. The molecule has 0 bridgehead atoms. The number of pyridine rings is 1. The van der Waals surface area contributed by atoms with Crippen LogP contribution in [0.2, 0.25) is 0 Å². The topological polar surface area (TPSA) is 71.1 Å². The Hall–Kier alpha value is -3.21. The summed E-state index contributed by atoms with van der Waals surface area (Å²) in [6, 6.07) is 14.8. The van der Waals surface area contributed by atoms with Crippen LogP contribution >= 0.6 is 0 Å². The number of hydrogen-bond acceptors (Lipinski definition) is 3. The number of anilines is 2. The summed E-state index contributed by atoms with van der Waals surface area (Å²) < 4.78 is 0. The standard InChI is InChI=1S/C22H23N3O2/c1-13(2)21(26)24-16-6-8-17(9-7-16)25-22(27)19-12-15(4)23-20-10-5-14(3)11-18(19)20/h5-13H,1-4H3,(H,24,26)(H,25,27). The van der Waals surface area contributed by atoms with E-state index in [0.29, 0.717) is 16.9 Å². The first-order valence-corrected chi connectivity index (χ1v) is 8.94. The van der Waals surface area contributed by atoms with Gasteiger partial charge in [-0.25, -0.2) is 0 Å². The van der Waals surface area contributed by atoms with Gasteiger partial charge in [0, 0.05) is 28.4 Å². The van der Waals surface area contributed by atoms with Crippen molar-refractivity contribution in [1.82, 2.24) is 4.98 Å². The van der Waals surface area contributed by atoms with Crippen LogP contribution in [0.25, 0.3) is 10.9 Å². The highest BCUT2D eigenvalue weighted by molar-refractivity contribution is 6.12. The fourth-order valence-corrected chi connectivity index (χ4v) is 2.78. The van der Waals surface area contributed by atoms with Gasteiger partial charge in [0.25, 0.3) is 5.91 Å². The largest absolute Gasteiger partial charge is 0.326 e. The van der Waals surface area contributed by atoms with Crippen molar-refractivity contribution in [2.75, 3.05) is 10.6 Å². The Bertz CT molecular complexity index is 1010. The fraction of sp³-hybridized carbons (Fsp3) is 0.227. The maximum absolute atomic E-state index is 12.8. The lowest BCUT2D eigenvalue weighted by Crippen LogP contribution is -2.17. The summed E-state index contributed by atoms with van der Waals surface area (Å²) in [6.07, 6.45) is 0. The molecule has 2 aromatic carbocycles. The van der Waals surface area contributed by atoms with Crippen LogP contribution in [0.5, 0.6) is 0 Å². The third-order valence-electron chi connectivity index (χ3n) is 4.27. The molecule has 3 aromatic rings. The molecule has 138 valence electrons. The monoisotopic (exact) mass is 361 g/mol. The molecule has 0 aliphatic heterocycles. The van der Waals surface area contributed by atoms with Crippen LogP contribution in [0.3, 0.4) is 0 Å². The summed E-state index contributed by atoms with van der Waals surface area (Å²) in [7, 11) is 0. The molecule has 5 heteroatoms. The lowest BCUT2D eigenvalue weighted by Gasteiger charge is -2.11. The Morgan fingerprint density at radius 2 is 1.52 bits per heavy atom. The highest BCUT2D eigenvalue weighted by Gasteiger charge is 2.13. The molecule has 2 amide bonds. The zero-order valence-corrected chi connectivity index (χ0v) is 16.0. The molecule has 0 atom stereocenters. The highest BCUT2D eigenvalue weighted by Crippen LogP contribution is 2.22. The van der Waals surface area contributed by atoms with E-state index < -0.39 is 0 Å². The van der Waals surface area contributed by atoms with Crippen LogP contribution in [0.15, 0.2) is 48.5 Å². The van der Waals surface area contributed by atoms with Gasteiger partial charge < -0.3 is 10.6 Å². The molecule has 0 saturated carbocycles. The number of carbonyl (C=O) groups excluding carboxylic acids is 2. The van der Waals surface area contributed by atoms with Gasteiger partial charge in [-0.1, -0.05) is 25.5 Å². The minimum atomic E-state index is -0.185. The number of amides is 2. The van der Waals surface area contributed by atoms with Crippen molar-refractivity contribution in [3.63, 3.8) is 0 Å². The summed E-state index contributed by atoms with van der Waals surface area (Å²) in [5.41, 5.74) is 4.64. The van der Waals surface area contributed by atoms with E-state index in [1.54, 1.807) is 30.3 Å². The van der Waals surface area contributed by atoms with Gasteiger partial charge in [0.05, 0.1) is 11.1 Å². The summed E-state index contributed by atoms with van der Waals surface area (Å²) in [5.74, 6) is -0.313. The molecule has 3 rings (SSSR count). The Kier molecular flexibility index (Phi) is 5.21. The second-order valence-electron chi connectivity index (χ2n) is 7.01. The van der Waals surface area contributed by atoms with E-state index in [9.17, 15) is 9.59 Å². The number of aromatic nitrogens is 1. The smallest absolute Gasteiger partial charge is 0.256 e. The number of nitrogens with one attached hydrogen (secondary N) is 2. The summed E-state index contributed by atoms with van der Waals surface area (Å²) in [6.45, 7) is 7.55. The van der Waals surface area contributed by atoms with Crippen molar-refractivity contribution < 1.29 is 9.59 Å². The lowest BCUT2D eigenvalue weighted by atomic mass is 10.0. The van der Waals surface area contributed by atoms with Crippen LogP contribution in [-0.2, 0) is 4.79 Å². The van der Waals surface area contributed by atoms with Crippen LogP contribution in [0.4, 0.5) is 11.4 Å². The van der Waals surface area contributed by atoms with Gasteiger partial charge in [-0.15, -0.1) is 0 Å². The van der Waals surface area contributed by atoms with Crippen LogP contribution in [-0.4, -0.2) is 16.8 Å². The van der Waals surface area contributed by atoms with Crippen LogP contribution < -0.4 is 10.6 Å². The van der Waals surface area contributed by atoms with E-state index in [4.69, 9.17) is 0 Å². The second-order valence-corrected chi connectivity index (χ2v) is 7.01. The summed E-state index contributed by atoms with van der Waals surface area (Å²) >= 11 is 0. The van der Waals surface area contributed by atoms with E-state index in [0.717, 1.165) is 22.2 Å². The first kappa shape index (κ1) is 18.6. The molecule has 2 N–H and O–H groups in total. The maximum Gasteiger partial charge on any atom is 0.256 e. The van der Waals surface area contributed by atoms with Gasteiger partial charge in [-0.2, -0.15) is 0 Å². The number of aryl methyl sites for hydroxylation is 2. The Balaban J connectivity index is 1.82. The van der Waals surface area contributed by atoms with Gasteiger partial charge in [-0.3, -0.25) is 14.6 Å². The Labute approximate surface area is 158 Å². The summed E-state index contributed by atoms with van der Waals surface area (Å²) in [5, 5.41) is 6.58. The average molecular weight is 361 g/mol. The molecule has 0 aliphatic rings. The third-order valence-corrected chi connectivity index (χ3v) is 4.27. The van der Waals surface area contributed by atoms with Crippen molar-refractivity contribution in [1.29, 1.82) is 0 Å².